The van der Waals surface area contributed by atoms with Crippen molar-refractivity contribution in [3.05, 3.63) is 24.2 Å². The molecule has 1 saturated heterocycles. The van der Waals surface area contributed by atoms with Gasteiger partial charge in [-0.2, -0.15) is 0 Å². The van der Waals surface area contributed by atoms with Crippen LogP contribution in [0.3, 0.4) is 0 Å². The van der Waals surface area contributed by atoms with Gasteiger partial charge in [0.15, 0.2) is 6.61 Å². The second-order valence-electron chi connectivity index (χ2n) is 6.26. The van der Waals surface area contributed by atoms with E-state index in [2.05, 4.69) is 4.90 Å². The minimum absolute atomic E-state index is 0.125. The van der Waals surface area contributed by atoms with Crippen molar-refractivity contribution in [3.63, 3.8) is 0 Å². The normalized spacial score (nSPS) is 20.4. The van der Waals surface area contributed by atoms with Gasteiger partial charge in [-0.05, 0) is 25.0 Å². The Morgan fingerprint density at radius 3 is 2.52 bits per heavy atom. The molecule has 2 heterocycles. The largest absolute Gasteiger partial charge is 0.457 e. The van der Waals surface area contributed by atoms with Crippen LogP contribution in [0.15, 0.2) is 22.8 Å². The quantitative estimate of drug-likeness (QED) is 0.793. The van der Waals surface area contributed by atoms with Gasteiger partial charge in [-0.3, -0.25) is 9.69 Å². The third kappa shape index (κ3) is 4.13. The minimum Gasteiger partial charge on any atom is -0.457 e. The van der Waals surface area contributed by atoms with Crippen LogP contribution in [0.4, 0.5) is 0 Å². The van der Waals surface area contributed by atoms with Gasteiger partial charge in [0.05, 0.1) is 6.26 Å². The van der Waals surface area contributed by atoms with Gasteiger partial charge in [-0.25, -0.2) is 4.79 Å². The van der Waals surface area contributed by atoms with Gasteiger partial charge in [0, 0.05) is 32.2 Å². The summed E-state index contributed by atoms with van der Waals surface area (Å²) in [6.07, 6.45) is 7.99. The SMILES string of the molecule is O=C(OCC(=O)N1CCN(C2CCCCC2)CC1)c1ccco1. The summed E-state index contributed by atoms with van der Waals surface area (Å²) in [5, 5.41) is 0. The number of piperazine rings is 1. The van der Waals surface area contributed by atoms with Crippen LogP contribution < -0.4 is 0 Å². The Hall–Kier alpha value is -1.82. The van der Waals surface area contributed by atoms with E-state index < -0.39 is 5.97 Å². The molecule has 1 aromatic rings. The van der Waals surface area contributed by atoms with Gasteiger partial charge in [0.2, 0.25) is 5.76 Å². The molecule has 23 heavy (non-hydrogen) atoms. The molecule has 0 radical (unpaired) electrons. The number of nitrogens with zero attached hydrogens (tertiary/aromatic N) is 2. The molecule has 1 aliphatic heterocycles. The van der Waals surface area contributed by atoms with E-state index in [1.807, 2.05) is 0 Å². The first kappa shape index (κ1) is 16.1. The Bertz CT molecular complexity index is 515. The first-order valence-corrected chi connectivity index (χ1v) is 8.46. The van der Waals surface area contributed by atoms with E-state index in [-0.39, 0.29) is 18.3 Å². The molecule has 1 aliphatic carbocycles. The second-order valence-corrected chi connectivity index (χ2v) is 6.26. The van der Waals surface area contributed by atoms with Gasteiger partial charge >= 0.3 is 5.97 Å². The van der Waals surface area contributed by atoms with Crippen molar-refractivity contribution in [2.24, 2.45) is 0 Å². The highest BCUT2D eigenvalue weighted by molar-refractivity contribution is 5.88. The molecule has 0 bridgehead atoms. The lowest BCUT2D eigenvalue weighted by atomic mass is 9.94. The van der Waals surface area contributed by atoms with E-state index in [1.54, 1.807) is 11.0 Å². The Morgan fingerprint density at radius 1 is 1.13 bits per heavy atom. The number of amides is 1. The first-order chi connectivity index (χ1) is 11.2. The number of carbonyl (C=O) groups is 2. The zero-order chi connectivity index (χ0) is 16.1. The molecule has 0 aromatic carbocycles. The summed E-state index contributed by atoms with van der Waals surface area (Å²) in [5.74, 6) is -0.600. The maximum Gasteiger partial charge on any atom is 0.374 e. The van der Waals surface area contributed by atoms with Crippen LogP contribution in [-0.2, 0) is 9.53 Å². The average Bonchev–Trinajstić information content (AvgIpc) is 3.15. The van der Waals surface area contributed by atoms with E-state index in [4.69, 9.17) is 9.15 Å². The third-order valence-corrected chi connectivity index (χ3v) is 4.81. The summed E-state index contributed by atoms with van der Waals surface area (Å²) >= 11 is 0. The molecule has 1 aromatic heterocycles. The number of esters is 1. The highest BCUT2D eigenvalue weighted by Crippen LogP contribution is 2.23. The topological polar surface area (TPSA) is 63.0 Å². The summed E-state index contributed by atoms with van der Waals surface area (Å²) in [5.41, 5.74) is 0. The number of carbonyl (C=O) groups excluding carboxylic acids is 2. The summed E-state index contributed by atoms with van der Waals surface area (Å²) in [7, 11) is 0. The molecule has 126 valence electrons. The maximum absolute atomic E-state index is 12.2. The van der Waals surface area contributed by atoms with Crippen molar-refractivity contribution in [2.75, 3.05) is 32.8 Å². The average molecular weight is 320 g/mol. The first-order valence-electron chi connectivity index (χ1n) is 8.46. The molecule has 2 aliphatic rings. The second kappa shape index (κ2) is 7.64. The Morgan fingerprint density at radius 2 is 1.87 bits per heavy atom. The fourth-order valence-electron chi connectivity index (χ4n) is 3.47. The van der Waals surface area contributed by atoms with Crippen molar-refractivity contribution in [1.29, 1.82) is 0 Å². The maximum atomic E-state index is 12.2. The van der Waals surface area contributed by atoms with Gasteiger partial charge in [-0.15, -0.1) is 0 Å². The molecule has 0 spiro atoms. The predicted octanol–water partition coefficient (Wildman–Crippen LogP) is 1.91. The predicted molar refractivity (Wildman–Crippen MR) is 84.0 cm³/mol. The fourth-order valence-corrected chi connectivity index (χ4v) is 3.47. The standard InChI is InChI=1S/C17H24N2O4/c20-16(13-23-17(21)15-7-4-12-22-15)19-10-8-18(9-11-19)14-5-2-1-3-6-14/h4,7,12,14H,1-3,5-6,8-11,13H2. The van der Waals surface area contributed by atoms with Crippen molar-refractivity contribution in [3.8, 4) is 0 Å². The molecule has 0 unspecified atom stereocenters. The fraction of sp³-hybridized carbons (Fsp3) is 0.647. The van der Waals surface area contributed by atoms with E-state index in [0.29, 0.717) is 19.1 Å². The van der Waals surface area contributed by atoms with Crippen LogP contribution in [0.1, 0.15) is 42.7 Å². The van der Waals surface area contributed by atoms with E-state index in [0.717, 1.165) is 13.1 Å². The van der Waals surface area contributed by atoms with Crippen LogP contribution in [0.5, 0.6) is 0 Å². The number of hydrogen-bond donors (Lipinski definition) is 0. The molecule has 6 nitrogen and oxygen atoms in total. The molecule has 0 atom stereocenters. The monoisotopic (exact) mass is 320 g/mol. The highest BCUT2D eigenvalue weighted by Gasteiger charge is 2.27. The van der Waals surface area contributed by atoms with Crippen LogP contribution in [0.25, 0.3) is 0 Å². The van der Waals surface area contributed by atoms with Crippen molar-refractivity contribution < 1.29 is 18.7 Å². The van der Waals surface area contributed by atoms with E-state index in [9.17, 15) is 9.59 Å². The van der Waals surface area contributed by atoms with Crippen molar-refractivity contribution in [2.45, 2.75) is 38.1 Å². The molecular weight excluding hydrogens is 296 g/mol. The van der Waals surface area contributed by atoms with Crippen LogP contribution in [0.2, 0.25) is 0 Å². The number of rotatable bonds is 4. The lowest BCUT2D eigenvalue weighted by molar-refractivity contribution is -0.136. The Labute approximate surface area is 136 Å². The molecular formula is C17H24N2O4. The molecule has 1 amide bonds. The smallest absolute Gasteiger partial charge is 0.374 e. The zero-order valence-electron chi connectivity index (χ0n) is 13.4. The van der Waals surface area contributed by atoms with E-state index in [1.165, 1.54) is 44.4 Å². The van der Waals surface area contributed by atoms with Crippen molar-refractivity contribution >= 4 is 11.9 Å². The molecule has 0 N–H and O–H groups in total. The lowest BCUT2D eigenvalue weighted by Gasteiger charge is -2.40. The molecule has 2 fully saturated rings. The highest BCUT2D eigenvalue weighted by atomic mass is 16.5. The molecule has 6 heteroatoms. The van der Waals surface area contributed by atoms with E-state index >= 15 is 0 Å². The van der Waals surface area contributed by atoms with Gasteiger partial charge in [0.25, 0.3) is 5.91 Å². The Balaban J connectivity index is 1.40. The summed E-state index contributed by atoms with van der Waals surface area (Å²) in [4.78, 5) is 28.1. The van der Waals surface area contributed by atoms with Gasteiger partial charge in [-0.1, -0.05) is 19.3 Å². The number of hydrogen-bond acceptors (Lipinski definition) is 5. The van der Waals surface area contributed by atoms with Crippen molar-refractivity contribution in [1.82, 2.24) is 9.80 Å². The van der Waals surface area contributed by atoms with Gasteiger partial charge < -0.3 is 14.1 Å². The van der Waals surface area contributed by atoms with Crippen LogP contribution in [0, 0.1) is 0 Å². The summed E-state index contributed by atoms with van der Waals surface area (Å²) in [6.45, 7) is 3.05. The zero-order valence-corrected chi connectivity index (χ0v) is 13.4. The number of ether oxygens (including phenoxy) is 1. The Kier molecular flexibility index (Phi) is 5.33. The molecule has 1 saturated carbocycles. The minimum atomic E-state index is -0.593. The lowest BCUT2D eigenvalue weighted by Crippen LogP contribution is -2.53. The summed E-state index contributed by atoms with van der Waals surface area (Å²) in [6, 6.07) is 3.83. The summed E-state index contributed by atoms with van der Waals surface area (Å²) < 4.78 is 9.96. The number of furan rings is 1. The molecule has 3 rings (SSSR count). The van der Waals surface area contributed by atoms with Gasteiger partial charge in [0.1, 0.15) is 0 Å². The third-order valence-electron chi connectivity index (χ3n) is 4.81. The van der Waals surface area contributed by atoms with Crippen LogP contribution in [-0.4, -0.2) is 60.5 Å². The van der Waals surface area contributed by atoms with Crippen LogP contribution >= 0.6 is 0 Å².